The van der Waals surface area contributed by atoms with Crippen molar-refractivity contribution in [2.24, 2.45) is 0 Å². The first-order valence-electron chi connectivity index (χ1n) is 8.83. The van der Waals surface area contributed by atoms with Gasteiger partial charge >= 0.3 is 0 Å². The molecule has 4 nitrogen and oxygen atoms in total. The second-order valence-electron chi connectivity index (χ2n) is 6.92. The normalized spacial score (nSPS) is 16.4. The van der Waals surface area contributed by atoms with Gasteiger partial charge in [-0.15, -0.1) is 0 Å². The minimum absolute atomic E-state index is 0.00762. The summed E-state index contributed by atoms with van der Waals surface area (Å²) in [6.45, 7) is 2.10. The monoisotopic (exact) mass is 333 g/mol. The van der Waals surface area contributed by atoms with Crippen LogP contribution in [0.2, 0.25) is 0 Å². The number of fused-ring (bicyclic) bond motifs is 1. The molecule has 1 aliphatic heterocycles. The number of carbonyl (C=O) groups is 1. The van der Waals surface area contributed by atoms with Gasteiger partial charge in [0.25, 0.3) is 0 Å². The van der Waals surface area contributed by atoms with Gasteiger partial charge < -0.3 is 10.7 Å². The van der Waals surface area contributed by atoms with Crippen LogP contribution in [0.4, 0.5) is 0 Å². The third-order valence-electron chi connectivity index (χ3n) is 5.33. The van der Waals surface area contributed by atoms with E-state index < -0.39 is 0 Å². The molecular formula is C21H23N3O. The molecule has 25 heavy (non-hydrogen) atoms. The molecule has 3 aromatic rings. The van der Waals surface area contributed by atoms with Crippen LogP contribution in [0.1, 0.15) is 40.4 Å². The Bertz CT molecular complexity index is 906. The van der Waals surface area contributed by atoms with Crippen molar-refractivity contribution < 1.29 is 4.79 Å². The summed E-state index contributed by atoms with van der Waals surface area (Å²) in [5.41, 5.74) is 3.38. The van der Waals surface area contributed by atoms with Crippen molar-refractivity contribution in [3.63, 3.8) is 0 Å². The van der Waals surface area contributed by atoms with Gasteiger partial charge in [-0.2, -0.15) is 0 Å². The number of nitrogens with two attached hydrogens (primary N) is 1. The predicted octanol–water partition coefficient (Wildman–Crippen LogP) is 3.40. The van der Waals surface area contributed by atoms with E-state index in [1.807, 2.05) is 48.5 Å². The SMILES string of the molecule is CN1CCC(c2c(C(=O)c3ccccc3)n(N)c3ccccc23)CC1. The van der Waals surface area contributed by atoms with E-state index in [9.17, 15) is 4.79 Å². The number of para-hydroxylation sites is 1. The number of likely N-dealkylation sites (tertiary alicyclic amines) is 1. The first-order valence-corrected chi connectivity index (χ1v) is 8.83. The van der Waals surface area contributed by atoms with Crippen molar-refractivity contribution in [1.29, 1.82) is 0 Å². The third-order valence-corrected chi connectivity index (χ3v) is 5.33. The molecule has 1 saturated heterocycles. The van der Waals surface area contributed by atoms with Gasteiger partial charge in [-0.05, 0) is 50.5 Å². The van der Waals surface area contributed by atoms with E-state index in [-0.39, 0.29) is 5.78 Å². The molecule has 2 aromatic carbocycles. The van der Waals surface area contributed by atoms with Crippen LogP contribution >= 0.6 is 0 Å². The van der Waals surface area contributed by atoms with Gasteiger partial charge in [0.2, 0.25) is 5.78 Å². The Kier molecular flexibility index (Phi) is 4.06. The molecular weight excluding hydrogens is 310 g/mol. The van der Waals surface area contributed by atoms with Crippen LogP contribution in [0.5, 0.6) is 0 Å². The van der Waals surface area contributed by atoms with Gasteiger partial charge in [0.05, 0.1) is 5.52 Å². The van der Waals surface area contributed by atoms with Crippen LogP contribution in [-0.4, -0.2) is 35.5 Å². The van der Waals surface area contributed by atoms with Crippen molar-refractivity contribution in [2.75, 3.05) is 26.0 Å². The van der Waals surface area contributed by atoms with Crippen LogP contribution in [0, 0.1) is 0 Å². The van der Waals surface area contributed by atoms with E-state index >= 15 is 0 Å². The fourth-order valence-corrected chi connectivity index (χ4v) is 3.96. The smallest absolute Gasteiger partial charge is 0.211 e. The molecule has 0 atom stereocenters. The van der Waals surface area contributed by atoms with E-state index in [4.69, 9.17) is 5.84 Å². The van der Waals surface area contributed by atoms with Crippen molar-refractivity contribution in [1.82, 2.24) is 9.58 Å². The number of benzene rings is 2. The fraction of sp³-hybridized carbons (Fsp3) is 0.286. The summed E-state index contributed by atoms with van der Waals surface area (Å²) in [7, 11) is 2.15. The molecule has 128 valence electrons. The number of hydrogen-bond donors (Lipinski definition) is 1. The number of carbonyl (C=O) groups excluding carboxylic acids is 1. The Balaban J connectivity index is 1.89. The number of nitrogens with zero attached hydrogens (tertiary/aromatic N) is 2. The molecule has 1 fully saturated rings. The summed E-state index contributed by atoms with van der Waals surface area (Å²) >= 11 is 0. The van der Waals surface area contributed by atoms with Crippen LogP contribution in [0.3, 0.4) is 0 Å². The Hall–Kier alpha value is -2.59. The number of ketones is 1. The number of nitrogen functional groups attached to an aromatic ring is 1. The second-order valence-corrected chi connectivity index (χ2v) is 6.92. The van der Waals surface area contributed by atoms with Crippen molar-refractivity contribution in [3.05, 3.63) is 71.4 Å². The molecule has 4 heteroatoms. The van der Waals surface area contributed by atoms with Crippen LogP contribution in [0.15, 0.2) is 54.6 Å². The Morgan fingerprint density at radius 2 is 1.64 bits per heavy atom. The molecule has 1 aliphatic rings. The summed E-state index contributed by atoms with van der Waals surface area (Å²) in [5, 5.41) is 1.11. The Labute approximate surface area is 147 Å². The standard InChI is InChI=1S/C21H23N3O/c1-23-13-11-15(12-14-23)19-17-9-5-6-10-18(17)24(22)20(19)21(25)16-7-3-2-4-8-16/h2-10,15H,11-14,22H2,1H3. The van der Waals surface area contributed by atoms with E-state index in [2.05, 4.69) is 18.0 Å². The van der Waals surface area contributed by atoms with Gasteiger partial charge in [0, 0.05) is 10.9 Å². The van der Waals surface area contributed by atoms with Crippen molar-refractivity contribution >= 4 is 16.7 Å². The molecule has 0 aliphatic carbocycles. The van der Waals surface area contributed by atoms with E-state index in [1.165, 1.54) is 0 Å². The summed E-state index contributed by atoms with van der Waals surface area (Å²) < 4.78 is 1.60. The summed E-state index contributed by atoms with van der Waals surface area (Å²) in [4.78, 5) is 15.6. The number of rotatable bonds is 3. The highest BCUT2D eigenvalue weighted by Crippen LogP contribution is 2.37. The lowest BCUT2D eigenvalue weighted by atomic mass is 9.86. The van der Waals surface area contributed by atoms with Crippen LogP contribution in [0.25, 0.3) is 10.9 Å². The molecule has 1 aromatic heterocycles. The lowest BCUT2D eigenvalue weighted by Crippen LogP contribution is -2.30. The Morgan fingerprint density at radius 1 is 1.00 bits per heavy atom. The minimum Gasteiger partial charge on any atom is -0.338 e. The second kappa shape index (κ2) is 6.37. The lowest BCUT2D eigenvalue weighted by Gasteiger charge is -2.29. The molecule has 0 bridgehead atoms. The largest absolute Gasteiger partial charge is 0.338 e. The van der Waals surface area contributed by atoms with Gasteiger partial charge in [-0.25, -0.2) is 0 Å². The molecule has 4 rings (SSSR count). The quantitative estimate of drug-likeness (QED) is 0.590. The highest BCUT2D eigenvalue weighted by Gasteiger charge is 2.29. The molecule has 2 N–H and O–H groups in total. The van der Waals surface area contributed by atoms with Crippen molar-refractivity contribution in [2.45, 2.75) is 18.8 Å². The third kappa shape index (κ3) is 2.72. The summed E-state index contributed by atoms with van der Waals surface area (Å²) in [6.07, 6.45) is 2.11. The van der Waals surface area contributed by atoms with E-state index in [1.54, 1.807) is 4.68 Å². The van der Waals surface area contributed by atoms with E-state index in [0.717, 1.165) is 42.4 Å². The van der Waals surface area contributed by atoms with Gasteiger partial charge in [-0.1, -0.05) is 48.5 Å². The average molecular weight is 333 g/mol. The predicted molar refractivity (Wildman–Crippen MR) is 101 cm³/mol. The minimum atomic E-state index is 0.00762. The zero-order chi connectivity index (χ0) is 17.4. The molecule has 0 spiro atoms. The van der Waals surface area contributed by atoms with Crippen LogP contribution in [-0.2, 0) is 0 Å². The maximum Gasteiger partial charge on any atom is 0.211 e. The zero-order valence-electron chi connectivity index (χ0n) is 14.5. The molecule has 0 saturated carbocycles. The number of hydrogen-bond acceptors (Lipinski definition) is 3. The topological polar surface area (TPSA) is 51.3 Å². The first-order chi connectivity index (χ1) is 12.2. The van der Waals surface area contributed by atoms with Gasteiger partial charge in [0.15, 0.2) is 0 Å². The maximum atomic E-state index is 13.3. The molecule has 2 heterocycles. The summed E-state index contributed by atoms with van der Waals surface area (Å²) in [5.74, 6) is 6.77. The number of aromatic nitrogens is 1. The first kappa shape index (κ1) is 15.9. The summed E-state index contributed by atoms with van der Waals surface area (Å²) in [6, 6.07) is 17.5. The van der Waals surface area contributed by atoms with Crippen LogP contribution < -0.4 is 5.84 Å². The number of piperidine rings is 1. The van der Waals surface area contributed by atoms with E-state index in [0.29, 0.717) is 17.2 Å². The molecule has 0 amide bonds. The van der Waals surface area contributed by atoms with Crippen molar-refractivity contribution in [3.8, 4) is 0 Å². The van der Waals surface area contributed by atoms with Gasteiger partial charge in [-0.3, -0.25) is 9.47 Å². The average Bonchev–Trinajstić information content (AvgIpc) is 2.95. The molecule has 0 unspecified atom stereocenters. The zero-order valence-corrected chi connectivity index (χ0v) is 14.5. The van der Waals surface area contributed by atoms with Gasteiger partial charge in [0.1, 0.15) is 5.69 Å². The molecule has 0 radical (unpaired) electrons. The highest BCUT2D eigenvalue weighted by molar-refractivity contribution is 6.12. The fourth-order valence-electron chi connectivity index (χ4n) is 3.96. The highest BCUT2D eigenvalue weighted by atomic mass is 16.1. The maximum absolute atomic E-state index is 13.3. The Morgan fingerprint density at radius 3 is 2.36 bits per heavy atom. The lowest BCUT2D eigenvalue weighted by molar-refractivity contribution is 0.103.